The van der Waals surface area contributed by atoms with Gasteiger partial charge in [0.2, 0.25) is 0 Å². The Hall–Kier alpha value is -0.520. The predicted octanol–water partition coefficient (Wildman–Crippen LogP) is 1.86. The van der Waals surface area contributed by atoms with Crippen molar-refractivity contribution < 1.29 is 0 Å². The molecule has 0 radical (unpaired) electrons. The van der Waals surface area contributed by atoms with Crippen LogP contribution in [0, 0.1) is 12.3 Å². The number of nitrogens with zero attached hydrogens (tertiary/aromatic N) is 1. The first-order valence-electron chi connectivity index (χ1n) is 6.03. The Morgan fingerprint density at radius 2 is 2.07 bits per heavy atom. The average molecular weight is 208 g/mol. The molecule has 2 unspecified atom stereocenters. The van der Waals surface area contributed by atoms with Gasteiger partial charge in [-0.25, -0.2) is 0 Å². The lowest BCUT2D eigenvalue weighted by Gasteiger charge is -2.46. The third-order valence-corrected chi connectivity index (χ3v) is 3.54. The van der Waals surface area contributed by atoms with Crippen molar-refractivity contribution in [3.05, 3.63) is 0 Å². The van der Waals surface area contributed by atoms with Gasteiger partial charge >= 0.3 is 0 Å². The molecule has 0 aliphatic carbocycles. The van der Waals surface area contributed by atoms with Crippen molar-refractivity contribution in [2.75, 3.05) is 13.1 Å². The Kier molecular flexibility index (Phi) is 4.19. The van der Waals surface area contributed by atoms with Gasteiger partial charge in [-0.1, -0.05) is 19.8 Å². The average Bonchev–Trinajstić information content (AvgIpc) is 2.28. The maximum absolute atomic E-state index is 5.63. The largest absolute Gasteiger partial charge is 0.311 e. The molecular formula is C13H24N2. The standard InChI is InChI=1S/C13H24N2/c1-6-11-10-15(13(4,5)8-3)12(7-2)9-14-11/h3,11-12,14H,6-7,9-10H2,1-2,4-5H3. The van der Waals surface area contributed by atoms with Crippen molar-refractivity contribution >= 4 is 0 Å². The zero-order chi connectivity index (χ0) is 11.5. The van der Waals surface area contributed by atoms with Crippen LogP contribution in [0.1, 0.15) is 40.5 Å². The summed E-state index contributed by atoms with van der Waals surface area (Å²) in [6.45, 7) is 10.9. The minimum atomic E-state index is -0.115. The third-order valence-electron chi connectivity index (χ3n) is 3.54. The molecular weight excluding hydrogens is 184 g/mol. The molecule has 0 aromatic heterocycles. The summed E-state index contributed by atoms with van der Waals surface area (Å²) in [7, 11) is 0. The van der Waals surface area contributed by atoms with Gasteiger partial charge in [0.25, 0.3) is 0 Å². The van der Waals surface area contributed by atoms with E-state index >= 15 is 0 Å². The van der Waals surface area contributed by atoms with Gasteiger partial charge in [-0.3, -0.25) is 4.90 Å². The lowest BCUT2D eigenvalue weighted by atomic mass is 9.95. The van der Waals surface area contributed by atoms with Crippen LogP contribution in [0.5, 0.6) is 0 Å². The first-order chi connectivity index (χ1) is 7.05. The molecule has 0 spiro atoms. The minimum Gasteiger partial charge on any atom is -0.311 e. The fourth-order valence-corrected chi connectivity index (χ4v) is 2.27. The molecule has 0 saturated carbocycles. The molecule has 1 rings (SSSR count). The summed E-state index contributed by atoms with van der Waals surface area (Å²) in [4.78, 5) is 2.48. The van der Waals surface area contributed by atoms with Crippen LogP contribution >= 0.6 is 0 Å². The van der Waals surface area contributed by atoms with E-state index in [0.717, 1.165) is 19.5 Å². The maximum Gasteiger partial charge on any atom is 0.0769 e. The van der Waals surface area contributed by atoms with Crippen LogP contribution in [-0.4, -0.2) is 35.6 Å². The molecule has 0 bridgehead atoms. The zero-order valence-corrected chi connectivity index (χ0v) is 10.5. The monoisotopic (exact) mass is 208 g/mol. The van der Waals surface area contributed by atoms with E-state index in [1.54, 1.807) is 0 Å². The van der Waals surface area contributed by atoms with Crippen LogP contribution in [0.2, 0.25) is 0 Å². The highest BCUT2D eigenvalue weighted by atomic mass is 15.3. The molecule has 2 atom stereocenters. The van der Waals surface area contributed by atoms with E-state index < -0.39 is 0 Å². The maximum atomic E-state index is 5.63. The number of hydrogen-bond acceptors (Lipinski definition) is 2. The second kappa shape index (κ2) is 5.01. The summed E-state index contributed by atoms with van der Waals surface area (Å²) in [6.07, 6.45) is 7.96. The van der Waals surface area contributed by atoms with Gasteiger partial charge in [0.15, 0.2) is 0 Å². The second-order valence-corrected chi connectivity index (χ2v) is 4.93. The van der Waals surface area contributed by atoms with Crippen molar-refractivity contribution in [3.8, 4) is 12.3 Å². The van der Waals surface area contributed by atoms with Gasteiger partial charge in [0, 0.05) is 25.2 Å². The second-order valence-electron chi connectivity index (χ2n) is 4.93. The van der Waals surface area contributed by atoms with E-state index in [4.69, 9.17) is 6.42 Å². The first kappa shape index (κ1) is 12.5. The van der Waals surface area contributed by atoms with Crippen molar-refractivity contribution in [1.29, 1.82) is 0 Å². The molecule has 2 nitrogen and oxygen atoms in total. The summed E-state index contributed by atoms with van der Waals surface area (Å²) in [5.41, 5.74) is -0.115. The Morgan fingerprint density at radius 3 is 2.53 bits per heavy atom. The molecule has 15 heavy (non-hydrogen) atoms. The lowest BCUT2D eigenvalue weighted by molar-refractivity contribution is 0.0598. The van der Waals surface area contributed by atoms with Crippen LogP contribution in [0.25, 0.3) is 0 Å². The molecule has 1 fully saturated rings. The highest BCUT2D eigenvalue weighted by Gasteiger charge is 2.34. The fourth-order valence-electron chi connectivity index (χ4n) is 2.27. The third kappa shape index (κ3) is 2.74. The van der Waals surface area contributed by atoms with E-state index in [9.17, 15) is 0 Å². The molecule has 1 aliphatic rings. The zero-order valence-electron chi connectivity index (χ0n) is 10.5. The minimum absolute atomic E-state index is 0.115. The summed E-state index contributed by atoms with van der Waals surface area (Å²) >= 11 is 0. The van der Waals surface area contributed by atoms with Gasteiger partial charge in [0.1, 0.15) is 0 Å². The summed E-state index contributed by atoms with van der Waals surface area (Å²) in [6, 6.07) is 1.18. The summed E-state index contributed by atoms with van der Waals surface area (Å²) in [5.74, 6) is 2.92. The normalized spacial score (nSPS) is 28.7. The van der Waals surface area contributed by atoms with Crippen LogP contribution in [0.4, 0.5) is 0 Å². The number of terminal acetylenes is 1. The van der Waals surface area contributed by atoms with Gasteiger partial charge in [-0.2, -0.15) is 0 Å². The van der Waals surface area contributed by atoms with Crippen molar-refractivity contribution in [2.45, 2.75) is 58.2 Å². The van der Waals surface area contributed by atoms with E-state index in [-0.39, 0.29) is 5.54 Å². The molecule has 1 saturated heterocycles. The van der Waals surface area contributed by atoms with Crippen molar-refractivity contribution in [2.24, 2.45) is 0 Å². The molecule has 2 heteroatoms. The van der Waals surface area contributed by atoms with Gasteiger partial charge < -0.3 is 5.32 Å². The molecule has 0 amide bonds. The smallest absolute Gasteiger partial charge is 0.0769 e. The van der Waals surface area contributed by atoms with Gasteiger partial charge in [0.05, 0.1) is 5.54 Å². The highest BCUT2D eigenvalue weighted by molar-refractivity contribution is 5.11. The van der Waals surface area contributed by atoms with E-state index in [1.165, 1.54) is 6.42 Å². The topological polar surface area (TPSA) is 15.3 Å². The SMILES string of the molecule is C#CC(C)(C)N1CC(CC)NCC1CC. The van der Waals surface area contributed by atoms with E-state index in [0.29, 0.717) is 12.1 Å². The Morgan fingerprint density at radius 1 is 1.40 bits per heavy atom. The van der Waals surface area contributed by atoms with Crippen LogP contribution in [0.3, 0.4) is 0 Å². The first-order valence-corrected chi connectivity index (χ1v) is 6.03. The van der Waals surface area contributed by atoms with Crippen molar-refractivity contribution in [1.82, 2.24) is 10.2 Å². The van der Waals surface area contributed by atoms with Crippen molar-refractivity contribution in [3.63, 3.8) is 0 Å². The lowest BCUT2D eigenvalue weighted by Crippen LogP contribution is -2.62. The van der Waals surface area contributed by atoms with E-state index in [1.807, 2.05) is 0 Å². The Bertz CT molecular complexity index is 239. The van der Waals surface area contributed by atoms with Crippen LogP contribution in [-0.2, 0) is 0 Å². The van der Waals surface area contributed by atoms with E-state index in [2.05, 4.69) is 43.8 Å². The van der Waals surface area contributed by atoms with Gasteiger partial charge in [-0.05, 0) is 26.7 Å². The Balaban J connectivity index is 2.76. The number of nitrogens with one attached hydrogen (secondary N) is 1. The number of rotatable bonds is 3. The highest BCUT2D eigenvalue weighted by Crippen LogP contribution is 2.22. The summed E-state index contributed by atoms with van der Waals surface area (Å²) in [5, 5.41) is 3.59. The number of hydrogen-bond donors (Lipinski definition) is 1. The molecule has 1 heterocycles. The molecule has 1 N–H and O–H groups in total. The molecule has 0 aromatic rings. The molecule has 1 aliphatic heterocycles. The van der Waals surface area contributed by atoms with Gasteiger partial charge in [-0.15, -0.1) is 6.42 Å². The molecule has 86 valence electrons. The van der Waals surface area contributed by atoms with Crippen LogP contribution in [0.15, 0.2) is 0 Å². The Labute approximate surface area is 94.4 Å². The fraction of sp³-hybridized carbons (Fsp3) is 0.846. The van der Waals surface area contributed by atoms with Crippen LogP contribution < -0.4 is 5.32 Å². The molecule has 0 aromatic carbocycles. The predicted molar refractivity (Wildman–Crippen MR) is 65.8 cm³/mol. The number of piperazine rings is 1. The quantitative estimate of drug-likeness (QED) is 0.712. The summed E-state index contributed by atoms with van der Waals surface area (Å²) < 4.78 is 0.